The first-order valence-corrected chi connectivity index (χ1v) is 5.49. The first-order valence-electron chi connectivity index (χ1n) is 5.49. The number of benzene rings is 1. The van der Waals surface area contributed by atoms with Crippen LogP contribution in [0.4, 0.5) is 0 Å². The van der Waals surface area contributed by atoms with Crippen LogP contribution in [0.1, 0.15) is 5.56 Å². The minimum Gasteiger partial charge on any atom is -0.361 e. The zero-order valence-electron chi connectivity index (χ0n) is 9.13. The summed E-state index contributed by atoms with van der Waals surface area (Å²) in [6.07, 6.45) is 5.55. The van der Waals surface area contributed by atoms with Crippen molar-refractivity contribution in [2.45, 2.75) is 12.5 Å². The van der Waals surface area contributed by atoms with Gasteiger partial charge in [0.1, 0.15) is 6.04 Å². The van der Waals surface area contributed by atoms with Crippen LogP contribution < -0.4 is 0 Å². The number of nitrogens with one attached hydrogen (secondary N) is 1. The van der Waals surface area contributed by atoms with Crippen molar-refractivity contribution in [2.75, 3.05) is 0 Å². The standard InChI is InChI=1S/C13H11N3O/c17-13-12(14-5-6-15-13)7-9-8-16-11-4-2-1-3-10(9)11/h1-6,8,12,16H,7H2. The number of fused-ring (bicyclic) bond motifs is 1. The topological polar surface area (TPSA) is 57.6 Å². The number of aliphatic imine (C=N–C) groups is 2. The van der Waals surface area contributed by atoms with Crippen LogP contribution in [0.25, 0.3) is 10.9 Å². The molecule has 1 aliphatic rings. The number of rotatable bonds is 2. The normalized spacial score (nSPS) is 19.1. The van der Waals surface area contributed by atoms with E-state index in [0.717, 1.165) is 16.5 Å². The second-order valence-corrected chi connectivity index (χ2v) is 3.99. The fraction of sp³-hybridized carbons (Fsp3) is 0.154. The van der Waals surface area contributed by atoms with E-state index in [-0.39, 0.29) is 11.9 Å². The number of hydrogen-bond donors (Lipinski definition) is 1. The van der Waals surface area contributed by atoms with E-state index in [0.29, 0.717) is 6.42 Å². The second kappa shape index (κ2) is 3.97. The summed E-state index contributed by atoms with van der Waals surface area (Å²) in [5.74, 6) is -0.169. The lowest BCUT2D eigenvalue weighted by molar-refractivity contribution is -0.118. The molecule has 4 nitrogen and oxygen atoms in total. The van der Waals surface area contributed by atoms with Crippen molar-refractivity contribution in [1.82, 2.24) is 4.98 Å². The van der Waals surface area contributed by atoms with Gasteiger partial charge < -0.3 is 4.98 Å². The van der Waals surface area contributed by atoms with Gasteiger partial charge in [-0.2, -0.15) is 0 Å². The van der Waals surface area contributed by atoms with Gasteiger partial charge in [0.25, 0.3) is 5.91 Å². The molecule has 1 N–H and O–H groups in total. The minimum atomic E-state index is -0.376. The Morgan fingerprint density at radius 3 is 3.00 bits per heavy atom. The average Bonchev–Trinajstić information content (AvgIpc) is 2.76. The highest BCUT2D eigenvalue weighted by atomic mass is 16.1. The van der Waals surface area contributed by atoms with Crippen molar-refractivity contribution < 1.29 is 4.79 Å². The molecule has 1 amide bonds. The maximum Gasteiger partial charge on any atom is 0.270 e. The van der Waals surface area contributed by atoms with Crippen LogP contribution in [0.3, 0.4) is 0 Å². The Bertz CT molecular complexity index is 624. The summed E-state index contributed by atoms with van der Waals surface area (Å²) in [4.78, 5) is 22.6. The molecule has 0 aliphatic carbocycles. The number of aromatic amines is 1. The Balaban J connectivity index is 1.93. The summed E-state index contributed by atoms with van der Waals surface area (Å²) < 4.78 is 0. The highest BCUT2D eigenvalue weighted by Gasteiger charge is 2.19. The molecule has 1 aliphatic heterocycles. The number of carbonyl (C=O) groups excluding carboxylic acids is 1. The smallest absolute Gasteiger partial charge is 0.270 e. The largest absolute Gasteiger partial charge is 0.361 e. The van der Waals surface area contributed by atoms with E-state index >= 15 is 0 Å². The summed E-state index contributed by atoms with van der Waals surface area (Å²) in [6.45, 7) is 0. The maximum absolute atomic E-state index is 11.5. The first kappa shape index (κ1) is 9.96. The van der Waals surface area contributed by atoms with Crippen molar-refractivity contribution >= 4 is 29.2 Å². The van der Waals surface area contributed by atoms with Crippen LogP contribution in [0, 0.1) is 0 Å². The van der Waals surface area contributed by atoms with Gasteiger partial charge in [-0.3, -0.25) is 9.79 Å². The second-order valence-electron chi connectivity index (χ2n) is 3.99. The molecule has 0 saturated heterocycles. The quantitative estimate of drug-likeness (QED) is 0.831. The van der Waals surface area contributed by atoms with Gasteiger partial charge in [0.2, 0.25) is 0 Å². The predicted molar refractivity (Wildman–Crippen MR) is 67.8 cm³/mol. The van der Waals surface area contributed by atoms with Gasteiger partial charge in [-0.05, 0) is 11.6 Å². The summed E-state index contributed by atoms with van der Waals surface area (Å²) in [6, 6.07) is 7.66. The summed E-state index contributed by atoms with van der Waals surface area (Å²) in [7, 11) is 0. The SMILES string of the molecule is O=C1N=CC=NC1Cc1c[nH]c2ccccc12. The molecule has 84 valence electrons. The van der Waals surface area contributed by atoms with Gasteiger partial charge in [-0.25, -0.2) is 4.99 Å². The van der Waals surface area contributed by atoms with Crippen LogP contribution in [-0.2, 0) is 11.2 Å². The Labute approximate surface area is 98.1 Å². The van der Waals surface area contributed by atoms with E-state index < -0.39 is 0 Å². The molecular formula is C13H11N3O. The van der Waals surface area contributed by atoms with Crippen LogP contribution in [-0.4, -0.2) is 29.4 Å². The van der Waals surface area contributed by atoms with Gasteiger partial charge in [0.15, 0.2) is 0 Å². The fourth-order valence-electron chi connectivity index (χ4n) is 2.05. The molecule has 4 heteroatoms. The lowest BCUT2D eigenvalue weighted by Gasteiger charge is -2.09. The van der Waals surface area contributed by atoms with E-state index in [2.05, 4.69) is 15.0 Å². The molecule has 1 aromatic heterocycles. The average molecular weight is 225 g/mol. The molecule has 0 saturated carbocycles. The minimum absolute atomic E-state index is 0.169. The molecule has 0 spiro atoms. The molecule has 17 heavy (non-hydrogen) atoms. The van der Waals surface area contributed by atoms with Crippen molar-refractivity contribution in [2.24, 2.45) is 9.98 Å². The van der Waals surface area contributed by atoms with E-state index in [4.69, 9.17) is 0 Å². The van der Waals surface area contributed by atoms with E-state index in [9.17, 15) is 4.79 Å². The number of para-hydroxylation sites is 1. The molecule has 1 unspecified atom stereocenters. The summed E-state index contributed by atoms with van der Waals surface area (Å²) in [5.41, 5.74) is 2.19. The van der Waals surface area contributed by atoms with E-state index in [1.165, 1.54) is 6.21 Å². The van der Waals surface area contributed by atoms with Gasteiger partial charge in [-0.15, -0.1) is 0 Å². The molecule has 3 rings (SSSR count). The van der Waals surface area contributed by atoms with Crippen molar-refractivity contribution in [3.05, 3.63) is 36.0 Å². The molecule has 0 fully saturated rings. The molecular weight excluding hydrogens is 214 g/mol. The van der Waals surface area contributed by atoms with Crippen LogP contribution in [0.5, 0.6) is 0 Å². The number of carbonyl (C=O) groups is 1. The fourth-order valence-corrected chi connectivity index (χ4v) is 2.05. The number of nitrogens with zero attached hydrogens (tertiary/aromatic N) is 2. The molecule has 1 aromatic carbocycles. The van der Waals surface area contributed by atoms with Crippen molar-refractivity contribution in [3.63, 3.8) is 0 Å². The van der Waals surface area contributed by atoms with Crippen LogP contribution >= 0.6 is 0 Å². The Kier molecular flexibility index (Phi) is 2.33. The van der Waals surface area contributed by atoms with Gasteiger partial charge in [0, 0.05) is 35.9 Å². The molecule has 2 heterocycles. The van der Waals surface area contributed by atoms with Gasteiger partial charge in [-0.1, -0.05) is 18.2 Å². The van der Waals surface area contributed by atoms with Crippen molar-refractivity contribution in [3.8, 4) is 0 Å². The lowest BCUT2D eigenvalue weighted by atomic mass is 10.0. The Morgan fingerprint density at radius 1 is 1.24 bits per heavy atom. The maximum atomic E-state index is 11.5. The van der Waals surface area contributed by atoms with E-state index in [1.54, 1.807) is 6.21 Å². The van der Waals surface area contributed by atoms with Crippen LogP contribution in [0.2, 0.25) is 0 Å². The zero-order valence-corrected chi connectivity index (χ0v) is 9.13. The summed E-state index contributed by atoms with van der Waals surface area (Å²) >= 11 is 0. The number of aromatic nitrogens is 1. The third kappa shape index (κ3) is 1.78. The predicted octanol–water partition coefficient (Wildman–Crippen LogP) is 1.76. The summed E-state index contributed by atoms with van der Waals surface area (Å²) in [5, 5.41) is 1.14. The highest BCUT2D eigenvalue weighted by molar-refractivity contribution is 6.21. The Morgan fingerprint density at radius 2 is 2.12 bits per heavy atom. The van der Waals surface area contributed by atoms with E-state index in [1.807, 2.05) is 30.5 Å². The number of hydrogen-bond acceptors (Lipinski definition) is 2. The third-order valence-electron chi connectivity index (χ3n) is 2.91. The molecule has 1 atom stereocenters. The lowest BCUT2D eigenvalue weighted by Crippen LogP contribution is -2.22. The van der Waals surface area contributed by atoms with Crippen LogP contribution in [0.15, 0.2) is 40.4 Å². The van der Waals surface area contributed by atoms with Crippen molar-refractivity contribution in [1.29, 1.82) is 0 Å². The molecule has 2 aromatic rings. The zero-order chi connectivity index (χ0) is 11.7. The molecule has 0 radical (unpaired) electrons. The highest BCUT2D eigenvalue weighted by Crippen LogP contribution is 2.20. The molecule has 0 bridgehead atoms. The third-order valence-corrected chi connectivity index (χ3v) is 2.91. The number of amides is 1. The van der Waals surface area contributed by atoms with Gasteiger partial charge >= 0.3 is 0 Å². The number of H-pyrrole nitrogens is 1. The first-order chi connectivity index (χ1) is 8.34. The van der Waals surface area contributed by atoms with Gasteiger partial charge in [0.05, 0.1) is 0 Å². The monoisotopic (exact) mass is 225 g/mol. The Hall–Kier alpha value is -2.23.